The first-order chi connectivity index (χ1) is 9.68. The fourth-order valence-electron chi connectivity index (χ4n) is 3.37. The third-order valence-corrected chi connectivity index (χ3v) is 4.85. The Morgan fingerprint density at radius 2 is 2.15 bits per heavy atom. The molecule has 0 saturated carbocycles. The SMILES string of the molecule is O[C@H]1CCCOC12CCN(Cc1cccc(Cl)c1)CC2. The van der Waals surface area contributed by atoms with Crippen LogP contribution in [0, 0.1) is 0 Å². The summed E-state index contributed by atoms with van der Waals surface area (Å²) in [5, 5.41) is 11.0. The third kappa shape index (κ3) is 3.01. The van der Waals surface area contributed by atoms with E-state index >= 15 is 0 Å². The van der Waals surface area contributed by atoms with Crippen LogP contribution in [0.3, 0.4) is 0 Å². The molecule has 20 heavy (non-hydrogen) atoms. The van der Waals surface area contributed by atoms with Crippen LogP contribution in [-0.4, -0.2) is 41.4 Å². The summed E-state index contributed by atoms with van der Waals surface area (Å²) in [6.07, 6.45) is 3.43. The van der Waals surface area contributed by atoms with Crippen LogP contribution in [0.5, 0.6) is 0 Å². The maximum Gasteiger partial charge on any atom is 0.0964 e. The Bertz CT molecular complexity index is 458. The van der Waals surface area contributed by atoms with Gasteiger partial charge in [0.15, 0.2) is 0 Å². The molecule has 1 N–H and O–H groups in total. The van der Waals surface area contributed by atoms with E-state index in [9.17, 15) is 5.11 Å². The Kier molecular flexibility index (Phi) is 4.32. The molecule has 2 fully saturated rings. The van der Waals surface area contributed by atoms with Crippen molar-refractivity contribution < 1.29 is 9.84 Å². The summed E-state index contributed by atoms with van der Waals surface area (Å²) in [5.41, 5.74) is 0.974. The zero-order valence-electron chi connectivity index (χ0n) is 11.7. The van der Waals surface area contributed by atoms with Crippen LogP contribution in [0.1, 0.15) is 31.2 Å². The molecule has 1 aromatic carbocycles. The van der Waals surface area contributed by atoms with Crippen molar-refractivity contribution >= 4 is 11.6 Å². The Morgan fingerprint density at radius 3 is 2.85 bits per heavy atom. The monoisotopic (exact) mass is 295 g/mol. The van der Waals surface area contributed by atoms with Crippen molar-refractivity contribution in [1.29, 1.82) is 0 Å². The number of aliphatic hydroxyl groups is 1. The minimum absolute atomic E-state index is 0.275. The molecule has 0 bridgehead atoms. The Hall–Kier alpha value is -0.610. The minimum atomic E-state index is -0.287. The van der Waals surface area contributed by atoms with E-state index in [0.29, 0.717) is 0 Å². The number of aliphatic hydroxyl groups excluding tert-OH is 1. The zero-order chi connectivity index (χ0) is 14.0. The molecule has 0 amide bonds. The molecule has 2 aliphatic heterocycles. The van der Waals surface area contributed by atoms with E-state index in [-0.39, 0.29) is 11.7 Å². The molecule has 1 aromatic rings. The van der Waals surface area contributed by atoms with Gasteiger partial charge in [0.1, 0.15) is 0 Å². The number of nitrogens with zero attached hydrogens (tertiary/aromatic N) is 1. The van der Waals surface area contributed by atoms with Gasteiger partial charge in [-0.2, -0.15) is 0 Å². The molecule has 1 atom stereocenters. The first-order valence-electron chi connectivity index (χ1n) is 7.47. The lowest BCUT2D eigenvalue weighted by atomic mass is 9.82. The fraction of sp³-hybridized carbons (Fsp3) is 0.625. The van der Waals surface area contributed by atoms with Crippen LogP contribution >= 0.6 is 11.6 Å². The maximum absolute atomic E-state index is 10.2. The van der Waals surface area contributed by atoms with Crippen LogP contribution in [-0.2, 0) is 11.3 Å². The van der Waals surface area contributed by atoms with Crippen molar-refractivity contribution in [3.63, 3.8) is 0 Å². The van der Waals surface area contributed by atoms with Crippen LogP contribution in [0.25, 0.3) is 0 Å². The van der Waals surface area contributed by atoms with E-state index in [1.165, 1.54) is 5.56 Å². The number of ether oxygens (including phenoxy) is 1. The van der Waals surface area contributed by atoms with Crippen molar-refractivity contribution in [2.75, 3.05) is 19.7 Å². The lowest BCUT2D eigenvalue weighted by Crippen LogP contribution is -2.55. The Balaban J connectivity index is 1.58. The van der Waals surface area contributed by atoms with Crippen LogP contribution < -0.4 is 0 Å². The fourth-order valence-corrected chi connectivity index (χ4v) is 3.58. The lowest BCUT2D eigenvalue weighted by Gasteiger charge is -2.46. The van der Waals surface area contributed by atoms with Crippen molar-refractivity contribution in [1.82, 2.24) is 4.90 Å². The average molecular weight is 296 g/mol. The van der Waals surface area contributed by atoms with E-state index < -0.39 is 0 Å². The molecule has 3 nitrogen and oxygen atoms in total. The molecule has 2 aliphatic rings. The summed E-state index contributed by atoms with van der Waals surface area (Å²) in [5.74, 6) is 0. The van der Waals surface area contributed by atoms with Crippen molar-refractivity contribution in [3.8, 4) is 0 Å². The maximum atomic E-state index is 10.2. The van der Waals surface area contributed by atoms with Gasteiger partial charge in [-0.25, -0.2) is 0 Å². The normalized spacial score (nSPS) is 26.8. The summed E-state index contributed by atoms with van der Waals surface area (Å²) < 4.78 is 5.94. The molecule has 0 unspecified atom stereocenters. The Labute approximate surface area is 125 Å². The van der Waals surface area contributed by atoms with Gasteiger partial charge < -0.3 is 9.84 Å². The highest BCUT2D eigenvalue weighted by molar-refractivity contribution is 6.30. The van der Waals surface area contributed by atoms with Crippen LogP contribution in [0.2, 0.25) is 5.02 Å². The predicted molar refractivity (Wildman–Crippen MR) is 79.9 cm³/mol. The second-order valence-corrected chi connectivity index (χ2v) is 6.41. The van der Waals surface area contributed by atoms with Gasteiger partial charge in [-0.15, -0.1) is 0 Å². The molecular weight excluding hydrogens is 274 g/mol. The van der Waals surface area contributed by atoms with Gasteiger partial charge >= 0.3 is 0 Å². The molecule has 0 aliphatic carbocycles. The Morgan fingerprint density at radius 1 is 1.35 bits per heavy atom. The topological polar surface area (TPSA) is 32.7 Å². The number of hydrogen-bond donors (Lipinski definition) is 1. The van der Waals surface area contributed by atoms with Crippen molar-refractivity contribution in [2.45, 2.75) is 43.9 Å². The van der Waals surface area contributed by atoms with Gasteiger partial charge in [-0.1, -0.05) is 23.7 Å². The smallest absolute Gasteiger partial charge is 0.0964 e. The van der Waals surface area contributed by atoms with E-state index in [0.717, 1.165) is 56.9 Å². The molecule has 110 valence electrons. The summed E-state index contributed by atoms with van der Waals surface area (Å²) in [7, 11) is 0. The molecule has 0 aromatic heterocycles. The van der Waals surface area contributed by atoms with Crippen molar-refractivity contribution in [3.05, 3.63) is 34.9 Å². The number of benzene rings is 1. The largest absolute Gasteiger partial charge is 0.390 e. The van der Waals surface area contributed by atoms with Gasteiger partial charge in [-0.3, -0.25) is 4.90 Å². The summed E-state index contributed by atoms with van der Waals surface area (Å²) in [6, 6.07) is 8.04. The third-order valence-electron chi connectivity index (χ3n) is 4.62. The quantitative estimate of drug-likeness (QED) is 0.911. The number of halogens is 1. The number of piperidine rings is 1. The summed E-state index contributed by atoms with van der Waals surface area (Å²) in [4.78, 5) is 2.42. The van der Waals surface area contributed by atoms with E-state index in [1.807, 2.05) is 18.2 Å². The molecule has 0 radical (unpaired) electrons. The molecule has 2 saturated heterocycles. The first-order valence-corrected chi connectivity index (χ1v) is 7.85. The zero-order valence-corrected chi connectivity index (χ0v) is 12.5. The van der Waals surface area contributed by atoms with Crippen molar-refractivity contribution in [2.24, 2.45) is 0 Å². The molecule has 2 heterocycles. The molecule has 3 rings (SSSR count). The van der Waals surface area contributed by atoms with Crippen LogP contribution in [0.15, 0.2) is 24.3 Å². The number of hydrogen-bond acceptors (Lipinski definition) is 3. The predicted octanol–water partition coefficient (Wildman–Crippen LogP) is 2.85. The second kappa shape index (κ2) is 6.02. The second-order valence-electron chi connectivity index (χ2n) is 5.98. The van der Waals surface area contributed by atoms with E-state index in [4.69, 9.17) is 16.3 Å². The molecular formula is C16H22ClNO2. The highest BCUT2D eigenvalue weighted by Crippen LogP contribution is 2.35. The highest BCUT2D eigenvalue weighted by Gasteiger charge is 2.43. The summed E-state index contributed by atoms with van der Waals surface area (Å²) in [6.45, 7) is 3.67. The van der Waals surface area contributed by atoms with E-state index in [1.54, 1.807) is 0 Å². The van der Waals surface area contributed by atoms with E-state index in [2.05, 4.69) is 11.0 Å². The molecule has 4 heteroatoms. The van der Waals surface area contributed by atoms with Gasteiger partial charge in [0.2, 0.25) is 0 Å². The number of likely N-dealkylation sites (tertiary alicyclic amines) is 1. The van der Waals surface area contributed by atoms with Gasteiger partial charge in [0, 0.05) is 31.3 Å². The van der Waals surface area contributed by atoms with Gasteiger partial charge in [-0.05, 0) is 43.4 Å². The van der Waals surface area contributed by atoms with Gasteiger partial charge in [0.25, 0.3) is 0 Å². The first kappa shape index (κ1) is 14.3. The summed E-state index contributed by atoms with van der Waals surface area (Å²) >= 11 is 6.03. The highest BCUT2D eigenvalue weighted by atomic mass is 35.5. The average Bonchev–Trinajstić information content (AvgIpc) is 2.45. The molecule has 1 spiro atoms. The minimum Gasteiger partial charge on any atom is -0.390 e. The number of rotatable bonds is 2. The van der Waals surface area contributed by atoms with Gasteiger partial charge in [0.05, 0.1) is 11.7 Å². The van der Waals surface area contributed by atoms with Crippen LogP contribution in [0.4, 0.5) is 0 Å². The standard InChI is InChI=1S/C16H22ClNO2/c17-14-4-1-3-13(11-14)12-18-8-6-16(7-9-18)15(19)5-2-10-20-16/h1,3-4,11,15,19H,2,5-10,12H2/t15-/m0/s1. The lowest BCUT2D eigenvalue weighted by molar-refractivity contribution is -0.177.